The van der Waals surface area contributed by atoms with Gasteiger partial charge in [-0.15, -0.1) is 0 Å². The molecule has 1 N–H and O–H groups in total. The highest BCUT2D eigenvalue weighted by Crippen LogP contribution is 2.37. The molecule has 7 heteroatoms. The van der Waals surface area contributed by atoms with Crippen molar-refractivity contribution in [1.82, 2.24) is 9.88 Å². The number of aryl methyl sites for hydroxylation is 2. The topological polar surface area (TPSA) is 84.8 Å². The number of nitrogens with one attached hydrogen (secondary N) is 1. The van der Waals surface area contributed by atoms with Crippen molar-refractivity contribution in [2.24, 2.45) is 0 Å². The second-order valence-corrected chi connectivity index (χ2v) is 8.89. The largest absolute Gasteiger partial charge is 0.493 e. The van der Waals surface area contributed by atoms with Crippen LogP contribution in [0.3, 0.4) is 0 Å². The third-order valence-electron chi connectivity index (χ3n) is 5.88. The number of carbonyl (C=O) groups excluding carboxylic acids is 1. The number of ether oxygens (including phenoxy) is 2. The molecule has 0 aliphatic carbocycles. The Hall–Kier alpha value is -3.58. The summed E-state index contributed by atoms with van der Waals surface area (Å²) in [5.41, 5.74) is 3.37. The Balaban J connectivity index is 1.62. The molecule has 2 aromatic heterocycles. The molecule has 4 rings (SSSR count). The van der Waals surface area contributed by atoms with Crippen molar-refractivity contribution >= 4 is 27.7 Å². The van der Waals surface area contributed by atoms with Crippen molar-refractivity contribution in [3.8, 4) is 11.5 Å². The van der Waals surface area contributed by atoms with Gasteiger partial charge in [-0.3, -0.25) is 4.79 Å². The van der Waals surface area contributed by atoms with Crippen LogP contribution in [0, 0.1) is 13.8 Å². The Kier molecular flexibility index (Phi) is 6.75. The number of hydrogen-bond donors (Lipinski definition) is 1. The average Bonchev–Trinajstić information content (AvgIpc) is 3.22. The van der Waals surface area contributed by atoms with Gasteiger partial charge >= 0.3 is 5.63 Å². The molecule has 0 saturated carbocycles. The molecule has 0 bridgehead atoms. The maximum atomic E-state index is 12.9. The van der Waals surface area contributed by atoms with Crippen molar-refractivity contribution in [3.63, 3.8) is 0 Å². The van der Waals surface area contributed by atoms with Gasteiger partial charge in [-0.25, -0.2) is 4.79 Å². The molecule has 0 unspecified atom stereocenters. The van der Waals surface area contributed by atoms with Crippen LogP contribution in [-0.2, 0) is 6.42 Å². The van der Waals surface area contributed by atoms with E-state index in [1.165, 1.54) is 0 Å². The fraction of sp³-hybridized carbons (Fsp3) is 0.333. The number of nitrogens with zero attached hydrogens (tertiary/aromatic N) is 1. The van der Waals surface area contributed by atoms with Crippen molar-refractivity contribution in [2.75, 3.05) is 34.4 Å². The summed E-state index contributed by atoms with van der Waals surface area (Å²) in [6, 6.07) is 11.3. The van der Waals surface area contributed by atoms with Crippen LogP contribution in [-0.4, -0.2) is 50.0 Å². The summed E-state index contributed by atoms with van der Waals surface area (Å²) in [4.78, 5) is 30.9. The molecule has 0 amide bonds. The molecular weight excluding hydrogens is 432 g/mol. The Bertz CT molecular complexity index is 1410. The smallest absolute Gasteiger partial charge is 0.339 e. The van der Waals surface area contributed by atoms with E-state index in [0.29, 0.717) is 45.9 Å². The first-order chi connectivity index (χ1) is 16.3. The molecule has 2 aromatic carbocycles. The van der Waals surface area contributed by atoms with Crippen LogP contribution in [0.4, 0.5) is 0 Å². The highest BCUT2D eigenvalue weighted by Gasteiger charge is 2.19. The van der Waals surface area contributed by atoms with Crippen LogP contribution in [0.1, 0.15) is 33.6 Å². The van der Waals surface area contributed by atoms with E-state index in [9.17, 15) is 9.59 Å². The molecule has 0 radical (unpaired) electrons. The van der Waals surface area contributed by atoms with E-state index in [1.807, 2.05) is 52.2 Å². The number of aromatic amines is 1. The zero-order valence-electron chi connectivity index (χ0n) is 20.3. The van der Waals surface area contributed by atoms with Crippen molar-refractivity contribution in [2.45, 2.75) is 26.7 Å². The van der Waals surface area contributed by atoms with E-state index in [2.05, 4.69) is 9.88 Å². The standard InChI is InChI=1S/C27H30N2O5/c1-16-7-8-21-18(11-16)13-22(28-21)23(30)14-20-12-19-15-24(32-5)26(33-10-6-9-29(3)4)17(2)25(19)34-27(20)31/h7-8,11-13,15,28H,6,9-10,14H2,1-5H3. The van der Waals surface area contributed by atoms with Crippen LogP contribution in [0.5, 0.6) is 11.5 Å². The number of fused-ring (bicyclic) bond motifs is 2. The number of ketones is 1. The van der Waals surface area contributed by atoms with Gasteiger partial charge in [-0.05, 0) is 64.7 Å². The summed E-state index contributed by atoms with van der Waals surface area (Å²) in [6.45, 7) is 5.26. The van der Waals surface area contributed by atoms with Gasteiger partial charge in [0.1, 0.15) is 5.58 Å². The lowest BCUT2D eigenvalue weighted by Gasteiger charge is -2.16. The number of hydrogen-bond acceptors (Lipinski definition) is 6. The van der Waals surface area contributed by atoms with E-state index in [0.717, 1.165) is 29.4 Å². The molecule has 0 aliphatic rings. The summed E-state index contributed by atoms with van der Waals surface area (Å²) in [6.07, 6.45) is 0.792. The quantitative estimate of drug-likeness (QED) is 0.221. The molecule has 0 fully saturated rings. The average molecular weight is 463 g/mol. The number of aromatic nitrogens is 1. The second-order valence-electron chi connectivity index (χ2n) is 8.89. The number of carbonyl (C=O) groups is 1. The zero-order chi connectivity index (χ0) is 24.4. The maximum Gasteiger partial charge on any atom is 0.339 e. The minimum atomic E-state index is -0.528. The molecule has 0 spiro atoms. The van der Waals surface area contributed by atoms with Gasteiger partial charge in [0.05, 0.1) is 19.4 Å². The molecule has 0 saturated heterocycles. The van der Waals surface area contributed by atoms with Gasteiger partial charge in [0.25, 0.3) is 0 Å². The molecule has 0 atom stereocenters. The monoisotopic (exact) mass is 462 g/mol. The maximum absolute atomic E-state index is 12.9. The first-order valence-electron chi connectivity index (χ1n) is 11.3. The summed E-state index contributed by atoms with van der Waals surface area (Å²) in [5.74, 6) is 0.950. The zero-order valence-corrected chi connectivity index (χ0v) is 20.3. The van der Waals surface area contributed by atoms with E-state index < -0.39 is 5.63 Å². The first-order valence-corrected chi connectivity index (χ1v) is 11.3. The Morgan fingerprint density at radius 3 is 2.62 bits per heavy atom. The molecule has 34 heavy (non-hydrogen) atoms. The highest BCUT2D eigenvalue weighted by molar-refractivity contribution is 6.00. The van der Waals surface area contributed by atoms with Crippen LogP contribution in [0.25, 0.3) is 21.9 Å². The number of Topliss-reactive ketones (excluding diaryl/α,β-unsaturated/α-hetero) is 1. The van der Waals surface area contributed by atoms with Crippen LogP contribution in [0.15, 0.2) is 45.6 Å². The van der Waals surface area contributed by atoms with Crippen LogP contribution >= 0.6 is 0 Å². The summed E-state index contributed by atoms with van der Waals surface area (Å²) < 4.78 is 17.2. The van der Waals surface area contributed by atoms with Gasteiger partial charge in [0, 0.05) is 40.4 Å². The number of benzene rings is 2. The molecule has 0 aliphatic heterocycles. The molecular formula is C27H30N2O5. The lowest BCUT2D eigenvalue weighted by molar-refractivity contribution is 0.0988. The summed E-state index contributed by atoms with van der Waals surface area (Å²) in [7, 11) is 5.60. The lowest BCUT2D eigenvalue weighted by atomic mass is 10.0. The van der Waals surface area contributed by atoms with E-state index in [4.69, 9.17) is 13.9 Å². The summed E-state index contributed by atoms with van der Waals surface area (Å²) in [5, 5.41) is 1.65. The number of methoxy groups -OCH3 is 1. The molecule has 7 nitrogen and oxygen atoms in total. The lowest BCUT2D eigenvalue weighted by Crippen LogP contribution is -2.16. The van der Waals surface area contributed by atoms with Gasteiger partial charge in [0.15, 0.2) is 17.3 Å². The Morgan fingerprint density at radius 2 is 1.88 bits per heavy atom. The summed E-state index contributed by atoms with van der Waals surface area (Å²) >= 11 is 0. The third-order valence-corrected chi connectivity index (χ3v) is 5.88. The van der Waals surface area contributed by atoms with Crippen LogP contribution in [0.2, 0.25) is 0 Å². The van der Waals surface area contributed by atoms with Gasteiger partial charge < -0.3 is 23.8 Å². The van der Waals surface area contributed by atoms with Crippen LogP contribution < -0.4 is 15.1 Å². The fourth-order valence-electron chi connectivity index (χ4n) is 4.10. The van der Waals surface area contributed by atoms with Crippen molar-refractivity contribution < 1.29 is 18.7 Å². The van der Waals surface area contributed by atoms with Gasteiger partial charge in [-0.1, -0.05) is 11.6 Å². The fourth-order valence-corrected chi connectivity index (χ4v) is 4.10. The van der Waals surface area contributed by atoms with Crippen molar-refractivity contribution in [1.29, 1.82) is 0 Å². The number of H-pyrrole nitrogens is 1. The van der Waals surface area contributed by atoms with Gasteiger partial charge in [-0.2, -0.15) is 0 Å². The minimum absolute atomic E-state index is 0.0613. The first kappa shape index (κ1) is 23.6. The molecule has 178 valence electrons. The third kappa shape index (κ3) is 4.84. The normalized spacial score (nSPS) is 11.5. The Morgan fingerprint density at radius 1 is 1.09 bits per heavy atom. The molecule has 4 aromatic rings. The molecule has 2 heterocycles. The van der Waals surface area contributed by atoms with E-state index in [1.54, 1.807) is 19.2 Å². The van der Waals surface area contributed by atoms with Gasteiger partial charge in [0.2, 0.25) is 0 Å². The predicted octanol–water partition coefficient (Wildman–Crippen LogP) is 4.66. The minimum Gasteiger partial charge on any atom is -0.493 e. The second kappa shape index (κ2) is 9.73. The number of rotatable bonds is 9. The SMILES string of the molecule is COc1cc2cc(CC(=O)c3cc4cc(C)ccc4[nH]3)c(=O)oc2c(C)c1OCCCN(C)C. The van der Waals surface area contributed by atoms with E-state index >= 15 is 0 Å². The highest BCUT2D eigenvalue weighted by atomic mass is 16.5. The predicted molar refractivity (Wildman–Crippen MR) is 134 cm³/mol. The van der Waals surface area contributed by atoms with Crippen molar-refractivity contribution in [3.05, 3.63) is 69.2 Å². The van der Waals surface area contributed by atoms with E-state index in [-0.39, 0.29) is 12.2 Å². The Labute approximate surface area is 198 Å².